The van der Waals surface area contributed by atoms with Crippen molar-refractivity contribution < 1.29 is 0 Å². The lowest BCUT2D eigenvalue weighted by Gasteiger charge is -2.29. The molecule has 186 valence electrons. The van der Waals surface area contributed by atoms with Gasteiger partial charge in [-0.1, -0.05) is 66.7 Å². The fraction of sp³-hybridized carbons (Fsp3) is 0.355. The van der Waals surface area contributed by atoms with Gasteiger partial charge in [-0.05, 0) is 79.9 Å². The summed E-state index contributed by atoms with van der Waals surface area (Å²) in [5.74, 6) is 2.46. The number of nitrogens with zero attached hydrogens (tertiary/aromatic N) is 3. The summed E-state index contributed by atoms with van der Waals surface area (Å²) < 4.78 is 0. The molecule has 4 aromatic rings. The quantitative estimate of drug-likeness (QED) is 0.281. The van der Waals surface area contributed by atoms with Crippen molar-refractivity contribution in [3.05, 3.63) is 84.4 Å². The first-order valence-corrected chi connectivity index (χ1v) is 13.2. The number of anilines is 2. The molecule has 2 N–H and O–H groups in total. The molecule has 5 heteroatoms. The smallest absolute Gasteiger partial charge is 0.225 e. The van der Waals surface area contributed by atoms with Gasteiger partial charge in [-0.3, -0.25) is 0 Å². The molecule has 1 aromatic heterocycles. The Morgan fingerprint density at radius 3 is 2.22 bits per heavy atom. The van der Waals surface area contributed by atoms with Gasteiger partial charge in [0.15, 0.2) is 0 Å². The SMILES string of the molecule is CN(C)c1nc(N[C@H]2CC[C@@H](CNCCc3ccc(-c4ccccc4)cc3)CC2)nc2ccccc12. The number of rotatable bonds is 9. The summed E-state index contributed by atoms with van der Waals surface area (Å²) in [4.78, 5) is 11.7. The molecule has 1 aliphatic carbocycles. The van der Waals surface area contributed by atoms with Gasteiger partial charge < -0.3 is 15.5 Å². The van der Waals surface area contributed by atoms with E-state index in [2.05, 4.69) is 82.3 Å². The molecule has 1 heterocycles. The normalized spacial score (nSPS) is 17.7. The van der Waals surface area contributed by atoms with Gasteiger partial charge in [0, 0.05) is 25.5 Å². The standard InChI is InChI=1S/C31H37N5/c1-36(2)30-28-10-6-7-11-29(28)34-31(35-30)33-27-18-14-24(15-19-27)22-32-21-20-23-12-16-26(17-13-23)25-8-4-3-5-9-25/h3-13,16-17,24,27,32H,14-15,18-22H2,1-2H3,(H,33,34,35)/t24-,27+. The molecule has 0 atom stereocenters. The molecule has 0 bridgehead atoms. The largest absolute Gasteiger partial charge is 0.362 e. The molecular weight excluding hydrogens is 442 g/mol. The second kappa shape index (κ2) is 11.5. The van der Waals surface area contributed by atoms with Crippen LogP contribution in [0.5, 0.6) is 0 Å². The van der Waals surface area contributed by atoms with Crippen LogP contribution in [0.4, 0.5) is 11.8 Å². The number of fused-ring (bicyclic) bond motifs is 1. The van der Waals surface area contributed by atoms with Crippen LogP contribution in [0.3, 0.4) is 0 Å². The predicted molar refractivity (Wildman–Crippen MR) is 152 cm³/mol. The Morgan fingerprint density at radius 1 is 0.778 bits per heavy atom. The fourth-order valence-electron chi connectivity index (χ4n) is 5.19. The van der Waals surface area contributed by atoms with Gasteiger partial charge in [-0.25, -0.2) is 4.98 Å². The van der Waals surface area contributed by atoms with Crippen molar-refractivity contribution in [1.82, 2.24) is 15.3 Å². The van der Waals surface area contributed by atoms with Crippen LogP contribution in [-0.2, 0) is 6.42 Å². The minimum Gasteiger partial charge on any atom is -0.362 e. The molecule has 3 aromatic carbocycles. The van der Waals surface area contributed by atoms with Crippen molar-refractivity contribution in [2.45, 2.75) is 38.1 Å². The first-order chi connectivity index (χ1) is 17.7. The van der Waals surface area contributed by atoms with E-state index in [1.807, 2.05) is 26.2 Å². The number of hydrogen-bond donors (Lipinski definition) is 2. The molecule has 1 saturated carbocycles. The van der Waals surface area contributed by atoms with E-state index in [4.69, 9.17) is 9.97 Å². The third-order valence-electron chi connectivity index (χ3n) is 7.27. The highest BCUT2D eigenvalue weighted by atomic mass is 15.2. The summed E-state index contributed by atoms with van der Waals surface area (Å²) in [7, 11) is 4.08. The Bertz CT molecular complexity index is 1250. The zero-order chi connectivity index (χ0) is 24.7. The second-order valence-corrected chi connectivity index (χ2v) is 10.2. The van der Waals surface area contributed by atoms with Crippen LogP contribution in [0, 0.1) is 5.92 Å². The predicted octanol–water partition coefficient (Wildman–Crippen LogP) is 6.17. The van der Waals surface area contributed by atoms with Crippen LogP contribution in [0.15, 0.2) is 78.9 Å². The minimum atomic E-state index is 0.445. The van der Waals surface area contributed by atoms with E-state index in [0.29, 0.717) is 6.04 Å². The summed E-state index contributed by atoms with van der Waals surface area (Å²) in [5.41, 5.74) is 4.94. The third-order valence-corrected chi connectivity index (χ3v) is 7.27. The third kappa shape index (κ3) is 6.03. The topological polar surface area (TPSA) is 53.1 Å². The molecule has 0 aliphatic heterocycles. The minimum absolute atomic E-state index is 0.445. The van der Waals surface area contributed by atoms with Gasteiger partial charge in [0.25, 0.3) is 0 Å². The first-order valence-electron chi connectivity index (χ1n) is 13.2. The van der Waals surface area contributed by atoms with E-state index >= 15 is 0 Å². The van der Waals surface area contributed by atoms with Crippen LogP contribution in [0.1, 0.15) is 31.2 Å². The summed E-state index contributed by atoms with van der Waals surface area (Å²) >= 11 is 0. The Kier molecular flexibility index (Phi) is 7.77. The monoisotopic (exact) mass is 479 g/mol. The highest BCUT2D eigenvalue weighted by Gasteiger charge is 2.22. The molecule has 36 heavy (non-hydrogen) atoms. The van der Waals surface area contributed by atoms with Crippen molar-refractivity contribution in [2.75, 3.05) is 37.4 Å². The lowest BCUT2D eigenvalue weighted by atomic mass is 9.86. The first kappa shape index (κ1) is 24.3. The van der Waals surface area contributed by atoms with Gasteiger partial charge in [0.05, 0.1) is 5.52 Å². The van der Waals surface area contributed by atoms with Gasteiger partial charge >= 0.3 is 0 Å². The van der Waals surface area contributed by atoms with Crippen molar-refractivity contribution in [3.63, 3.8) is 0 Å². The van der Waals surface area contributed by atoms with Crippen molar-refractivity contribution in [3.8, 4) is 11.1 Å². The van der Waals surface area contributed by atoms with Crippen LogP contribution in [0.25, 0.3) is 22.0 Å². The lowest BCUT2D eigenvalue weighted by Crippen LogP contribution is -2.32. The van der Waals surface area contributed by atoms with E-state index < -0.39 is 0 Å². The van der Waals surface area contributed by atoms with Crippen LogP contribution in [-0.4, -0.2) is 43.2 Å². The van der Waals surface area contributed by atoms with E-state index in [-0.39, 0.29) is 0 Å². The van der Waals surface area contributed by atoms with Gasteiger partial charge in [-0.15, -0.1) is 0 Å². The maximum atomic E-state index is 4.82. The van der Waals surface area contributed by atoms with Crippen LogP contribution in [0.2, 0.25) is 0 Å². The maximum absolute atomic E-state index is 4.82. The van der Waals surface area contributed by atoms with Crippen LogP contribution < -0.4 is 15.5 Å². The Hall–Kier alpha value is -3.44. The number of hydrogen-bond acceptors (Lipinski definition) is 5. The molecule has 0 spiro atoms. The van der Waals surface area contributed by atoms with E-state index in [9.17, 15) is 0 Å². The fourth-order valence-corrected chi connectivity index (χ4v) is 5.19. The number of aromatic nitrogens is 2. The van der Waals surface area contributed by atoms with Crippen molar-refractivity contribution >= 4 is 22.7 Å². The van der Waals surface area contributed by atoms with E-state index in [0.717, 1.165) is 48.1 Å². The molecule has 5 nitrogen and oxygen atoms in total. The molecule has 0 amide bonds. The molecule has 1 fully saturated rings. The average Bonchev–Trinajstić information content (AvgIpc) is 2.92. The Morgan fingerprint density at radius 2 is 1.47 bits per heavy atom. The maximum Gasteiger partial charge on any atom is 0.225 e. The van der Waals surface area contributed by atoms with Crippen molar-refractivity contribution in [1.29, 1.82) is 0 Å². The van der Waals surface area contributed by atoms with Gasteiger partial charge in [0.1, 0.15) is 5.82 Å². The number of benzene rings is 3. The van der Waals surface area contributed by atoms with Crippen LogP contribution >= 0.6 is 0 Å². The summed E-state index contributed by atoms with van der Waals surface area (Å²) in [5, 5.41) is 8.42. The number of para-hydroxylation sites is 1. The highest BCUT2D eigenvalue weighted by Crippen LogP contribution is 2.28. The molecule has 0 radical (unpaired) electrons. The summed E-state index contributed by atoms with van der Waals surface area (Å²) in [6.07, 6.45) is 5.89. The summed E-state index contributed by atoms with van der Waals surface area (Å²) in [6.45, 7) is 2.13. The molecule has 5 rings (SSSR count). The van der Waals surface area contributed by atoms with E-state index in [1.54, 1.807) is 0 Å². The van der Waals surface area contributed by atoms with Gasteiger partial charge in [-0.2, -0.15) is 4.98 Å². The second-order valence-electron chi connectivity index (χ2n) is 10.2. The van der Waals surface area contributed by atoms with Gasteiger partial charge in [0.2, 0.25) is 5.95 Å². The summed E-state index contributed by atoms with van der Waals surface area (Å²) in [6, 6.07) is 28.2. The van der Waals surface area contributed by atoms with Crippen molar-refractivity contribution in [2.24, 2.45) is 5.92 Å². The lowest BCUT2D eigenvalue weighted by molar-refractivity contribution is 0.325. The number of nitrogens with one attached hydrogen (secondary N) is 2. The molecule has 1 aliphatic rings. The molecular formula is C31H37N5. The zero-order valence-electron chi connectivity index (χ0n) is 21.5. The molecule has 0 saturated heterocycles. The Labute approximate surface area is 215 Å². The molecule has 0 unspecified atom stereocenters. The highest BCUT2D eigenvalue weighted by molar-refractivity contribution is 5.90. The Balaban J connectivity index is 1.05. The zero-order valence-corrected chi connectivity index (χ0v) is 21.5. The average molecular weight is 480 g/mol. The van der Waals surface area contributed by atoms with E-state index in [1.165, 1.54) is 42.4 Å².